The highest BCUT2D eigenvalue weighted by molar-refractivity contribution is 6.05. The maximum absolute atomic E-state index is 12.7. The number of hydrogen-bond acceptors (Lipinski definition) is 5. The number of amides is 1. The minimum atomic E-state index is -0.236. The number of methoxy groups -OCH3 is 1. The number of aryl methyl sites for hydroxylation is 1. The van der Waals surface area contributed by atoms with Crippen molar-refractivity contribution in [3.05, 3.63) is 53.9 Å². The van der Waals surface area contributed by atoms with Gasteiger partial charge in [-0.15, -0.1) is 0 Å². The van der Waals surface area contributed by atoms with Crippen LogP contribution in [-0.2, 0) is 13.5 Å². The maximum atomic E-state index is 12.7. The van der Waals surface area contributed by atoms with Crippen molar-refractivity contribution in [2.75, 3.05) is 19.0 Å². The van der Waals surface area contributed by atoms with E-state index in [1.54, 1.807) is 24.1 Å². The average molecular weight is 389 g/mol. The van der Waals surface area contributed by atoms with Crippen molar-refractivity contribution in [2.45, 2.75) is 6.42 Å². The molecule has 5 rings (SSSR count). The Balaban J connectivity index is 1.51. The van der Waals surface area contributed by atoms with Crippen molar-refractivity contribution in [2.24, 2.45) is 7.05 Å². The lowest BCUT2D eigenvalue weighted by atomic mass is 10.1. The number of aromatic nitrogens is 4. The lowest BCUT2D eigenvalue weighted by Gasteiger charge is -2.04. The highest BCUT2D eigenvalue weighted by Gasteiger charge is 2.18. The van der Waals surface area contributed by atoms with E-state index in [-0.39, 0.29) is 5.91 Å². The average Bonchev–Trinajstić information content (AvgIpc) is 3.45. The van der Waals surface area contributed by atoms with Crippen molar-refractivity contribution < 1.29 is 14.3 Å². The molecule has 2 aromatic carbocycles. The van der Waals surface area contributed by atoms with Gasteiger partial charge in [-0.2, -0.15) is 5.10 Å². The lowest BCUT2D eigenvalue weighted by molar-refractivity contribution is 0.102. The normalized spacial score (nSPS) is 12.6. The summed E-state index contributed by atoms with van der Waals surface area (Å²) in [5, 5.41) is 7.08. The fraction of sp³-hybridized carbons (Fsp3) is 0.190. The molecule has 0 saturated heterocycles. The van der Waals surface area contributed by atoms with Crippen LogP contribution in [0.1, 0.15) is 15.9 Å². The van der Waals surface area contributed by atoms with Crippen LogP contribution in [0.2, 0.25) is 0 Å². The molecule has 2 aromatic heterocycles. The van der Waals surface area contributed by atoms with Crippen molar-refractivity contribution >= 4 is 22.9 Å². The third kappa shape index (κ3) is 2.98. The molecule has 0 bridgehead atoms. The van der Waals surface area contributed by atoms with Gasteiger partial charge in [0.25, 0.3) is 5.91 Å². The summed E-state index contributed by atoms with van der Waals surface area (Å²) >= 11 is 0. The molecule has 1 aliphatic heterocycles. The molecule has 0 radical (unpaired) electrons. The van der Waals surface area contributed by atoms with E-state index in [1.165, 1.54) is 0 Å². The number of fused-ring (bicyclic) bond motifs is 2. The molecule has 0 saturated carbocycles. The summed E-state index contributed by atoms with van der Waals surface area (Å²) in [6.07, 6.45) is 4.51. The number of benzene rings is 2. The van der Waals surface area contributed by atoms with Crippen LogP contribution in [-0.4, -0.2) is 39.4 Å². The molecule has 146 valence electrons. The van der Waals surface area contributed by atoms with E-state index >= 15 is 0 Å². The molecule has 0 spiro atoms. The zero-order valence-corrected chi connectivity index (χ0v) is 16.0. The molecule has 8 heteroatoms. The van der Waals surface area contributed by atoms with Gasteiger partial charge >= 0.3 is 0 Å². The number of imidazole rings is 1. The Bertz CT molecular complexity index is 1240. The third-order valence-electron chi connectivity index (χ3n) is 5.03. The Morgan fingerprint density at radius 3 is 3.00 bits per heavy atom. The Labute approximate surface area is 166 Å². The fourth-order valence-electron chi connectivity index (χ4n) is 3.60. The number of carbonyl (C=O) groups is 1. The number of nitrogens with one attached hydrogen (secondary N) is 2. The summed E-state index contributed by atoms with van der Waals surface area (Å²) < 4.78 is 12.7. The van der Waals surface area contributed by atoms with E-state index in [1.807, 2.05) is 37.5 Å². The van der Waals surface area contributed by atoms with Gasteiger partial charge in [0.1, 0.15) is 22.5 Å². The van der Waals surface area contributed by atoms with Gasteiger partial charge in [-0.25, -0.2) is 4.98 Å². The molecular formula is C21H19N5O3. The largest absolute Gasteiger partial charge is 0.494 e. The molecule has 8 nitrogen and oxygen atoms in total. The first-order chi connectivity index (χ1) is 14.1. The van der Waals surface area contributed by atoms with Gasteiger partial charge in [-0.3, -0.25) is 14.8 Å². The smallest absolute Gasteiger partial charge is 0.257 e. The minimum absolute atomic E-state index is 0.236. The van der Waals surface area contributed by atoms with Crippen molar-refractivity contribution in [1.29, 1.82) is 0 Å². The van der Waals surface area contributed by atoms with Gasteiger partial charge in [-0.05, 0) is 35.9 Å². The van der Waals surface area contributed by atoms with Crippen LogP contribution in [0, 0.1) is 0 Å². The van der Waals surface area contributed by atoms with E-state index in [0.717, 1.165) is 28.9 Å². The first-order valence-electron chi connectivity index (χ1n) is 9.25. The number of nitrogens with zero attached hydrogens (tertiary/aromatic N) is 3. The Kier molecular flexibility index (Phi) is 3.97. The third-order valence-corrected chi connectivity index (χ3v) is 5.03. The van der Waals surface area contributed by atoms with Crippen LogP contribution < -0.4 is 14.8 Å². The van der Waals surface area contributed by atoms with E-state index in [0.29, 0.717) is 34.9 Å². The molecule has 2 N–H and O–H groups in total. The Morgan fingerprint density at radius 2 is 2.21 bits per heavy atom. The predicted octanol–water partition coefficient (Wildman–Crippen LogP) is 3.16. The van der Waals surface area contributed by atoms with Crippen LogP contribution in [0.3, 0.4) is 0 Å². The quantitative estimate of drug-likeness (QED) is 0.559. The maximum Gasteiger partial charge on any atom is 0.257 e. The standard InChI is InChI=1S/C21H19N5O3/c1-26-11-14(10-22-26)15-4-6-17(28-2)19-18(15)23-21(24-19)25-20(27)13-3-5-16-12(9-13)7-8-29-16/h3-6,9-11H,7-8H2,1-2H3,(H2,23,24,25,27). The molecule has 4 aromatic rings. The van der Waals surface area contributed by atoms with Crippen molar-refractivity contribution in [1.82, 2.24) is 19.7 Å². The molecule has 1 amide bonds. The SMILES string of the molecule is COc1ccc(-c2cnn(C)c2)c2nc(NC(=O)c3ccc4c(c3)CCO4)[nH]c12. The second kappa shape index (κ2) is 6.66. The molecule has 0 atom stereocenters. The number of H-pyrrole nitrogens is 1. The molecule has 3 heterocycles. The lowest BCUT2D eigenvalue weighted by Crippen LogP contribution is -2.13. The monoisotopic (exact) mass is 389 g/mol. The van der Waals surface area contributed by atoms with E-state index in [9.17, 15) is 4.79 Å². The zero-order valence-electron chi connectivity index (χ0n) is 16.0. The highest BCUT2D eigenvalue weighted by atomic mass is 16.5. The first kappa shape index (κ1) is 17.3. The van der Waals surface area contributed by atoms with E-state index in [2.05, 4.69) is 20.4 Å². The molecule has 1 aliphatic rings. The topological polar surface area (TPSA) is 94.1 Å². The Hall–Kier alpha value is -3.81. The van der Waals surface area contributed by atoms with E-state index in [4.69, 9.17) is 9.47 Å². The van der Waals surface area contributed by atoms with Crippen LogP contribution >= 0.6 is 0 Å². The molecule has 29 heavy (non-hydrogen) atoms. The number of anilines is 1. The van der Waals surface area contributed by atoms with Crippen LogP contribution in [0.15, 0.2) is 42.7 Å². The van der Waals surface area contributed by atoms with Crippen LogP contribution in [0.5, 0.6) is 11.5 Å². The summed E-state index contributed by atoms with van der Waals surface area (Å²) in [6.45, 7) is 0.654. The summed E-state index contributed by atoms with van der Waals surface area (Å²) in [4.78, 5) is 20.5. The molecule has 0 fully saturated rings. The molecule has 0 unspecified atom stereocenters. The van der Waals surface area contributed by atoms with Crippen LogP contribution in [0.4, 0.5) is 5.95 Å². The summed E-state index contributed by atoms with van der Waals surface area (Å²) in [5.41, 5.74) is 4.86. The van der Waals surface area contributed by atoms with Gasteiger partial charge in [0.05, 0.1) is 19.9 Å². The second-order valence-corrected chi connectivity index (χ2v) is 6.90. The number of rotatable bonds is 4. The number of hydrogen-bond donors (Lipinski definition) is 2. The van der Waals surface area contributed by atoms with Gasteiger partial charge in [-0.1, -0.05) is 0 Å². The number of carbonyl (C=O) groups excluding carboxylic acids is 1. The van der Waals surface area contributed by atoms with Gasteiger partial charge in [0, 0.05) is 36.4 Å². The van der Waals surface area contributed by atoms with Gasteiger partial charge in [0.2, 0.25) is 5.95 Å². The molecule has 0 aliphatic carbocycles. The second-order valence-electron chi connectivity index (χ2n) is 6.90. The number of aromatic amines is 1. The summed E-state index contributed by atoms with van der Waals surface area (Å²) in [6, 6.07) is 9.26. The molecular weight excluding hydrogens is 370 g/mol. The van der Waals surface area contributed by atoms with Crippen molar-refractivity contribution in [3.63, 3.8) is 0 Å². The van der Waals surface area contributed by atoms with Crippen molar-refractivity contribution in [3.8, 4) is 22.6 Å². The first-order valence-corrected chi connectivity index (χ1v) is 9.25. The predicted molar refractivity (Wildman–Crippen MR) is 108 cm³/mol. The summed E-state index contributed by atoms with van der Waals surface area (Å²) in [5.74, 6) is 1.61. The van der Waals surface area contributed by atoms with Crippen LogP contribution in [0.25, 0.3) is 22.2 Å². The summed E-state index contributed by atoms with van der Waals surface area (Å²) in [7, 11) is 3.46. The minimum Gasteiger partial charge on any atom is -0.494 e. The van der Waals surface area contributed by atoms with Gasteiger partial charge < -0.3 is 14.5 Å². The zero-order chi connectivity index (χ0) is 20.0. The number of ether oxygens (including phenoxy) is 2. The highest BCUT2D eigenvalue weighted by Crippen LogP contribution is 2.34. The van der Waals surface area contributed by atoms with Gasteiger partial charge in [0.15, 0.2) is 0 Å². The van der Waals surface area contributed by atoms with E-state index < -0.39 is 0 Å². The fourth-order valence-corrected chi connectivity index (χ4v) is 3.60. The Morgan fingerprint density at radius 1 is 1.31 bits per heavy atom.